The molecule has 0 atom stereocenters. The zero-order valence-corrected chi connectivity index (χ0v) is 34.7. The lowest BCUT2D eigenvalue weighted by Crippen LogP contribution is -2.37. The molecule has 0 amide bonds. The minimum absolute atomic E-state index is 0.0615. The highest BCUT2D eigenvalue weighted by Crippen LogP contribution is 2.33. The Kier molecular flexibility index (Phi) is 14.0. The van der Waals surface area contributed by atoms with Gasteiger partial charge in [0.2, 0.25) is 0 Å². The highest BCUT2D eigenvalue weighted by atomic mass is 35.5. The Balaban J connectivity index is 0.000000184. The van der Waals surface area contributed by atoms with Gasteiger partial charge in [-0.25, -0.2) is 18.7 Å². The molecule has 2 saturated heterocycles. The number of carboxylic acids is 1. The maximum Gasteiger partial charge on any atom is 0.308 e. The number of carbonyl (C=O) groups excluding carboxylic acids is 1. The Labute approximate surface area is 362 Å². The molecule has 0 aliphatic carbocycles. The molecular weight excluding hydrogens is 825 g/mol. The first-order chi connectivity index (χ1) is 29.5. The molecular formula is C47H42Cl2F2N4O6. The zero-order chi connectivity index (χ0) is 42.9. The third kappa shape index (κ3) is 11.5. The number of esters is 1. The quantitative estimate of drug-likeness (QED) is 0.133. The smallest absolute Gasteiger partial charge is 0.308 e. The number of nitrogens with zero attached hydrogens (tertiary/aromatic N) is 4. The fourth-order valence-electron chi connectivity index (χ4n) is 7.12. The normalized spacial score (nSPS) is 14.4. The Morgan fingerprint density at radius 2 is 0.918 bits per heavy atom. The van der Waals surface area contributed by atoms with E-state index in [9.17, 15) is 23.5 Å². The second kappa shape index (κ2) is 19.9. The van der Waals surface area contributed by atoms with Gasteiger partial charge in [0, 0.05) is 47.4 Å². The highest BCUT2D eigenvalue weighted by Gasteiger charge is 2.27. The minimum Gasteiger partial charge on any atom is -0.481 e. The molecule has 1 N–H and O–H groups in total. The Hall–Kier alpha value is -6.24. The summed E-state index contributed by atoms with van der Waals surface area (Å²) in [6.07, 6.45) is 2.64. The van der Waals surface area contributed by atoms with E-state index in [1.807, 2.05) is 60.7 Å². The van der Waals surface area contributed by atoms with Gasteiger partial charge in [-0.15, -0.1) is 0 Å². The van der Waals surface area contributed by atoms with Gasteiger partial charge in [0.25, 0.3) is 0 Å². The number of aliphatic carboxylic acids is 1. The van der Waals surface area contributed by atoms with Crippen molar-refractivity contribution >= 4 is 46.8 Å². The molecule has 0 saturated carbocycles. The lowest BCUT2D eigenvalue weighted by atomic mass is 9.97. The average molecular weight is 868 g/mol. The summed E-state index contributed by atoms with van der Waals surface area (Å²) in [5.41, 5.74) is 3.27. The van der Waals surface area contributed by atoms with E-state index < -0.39 is 5.97 Å². The number of carbonyl (C=O) groups is 2. The molecule has 2 aliphatic heterocycles. The first-order valence-electron chi connectivity index (χ1n) is 19.7. The number of aromatic nitrogens is 2. The van der Waals surface area contributed by atoms with Crippen LogP contribution in [0.3, 0.4) is 0 Å². The van der Waals surface area contributed by atoms with Crippen LogP contribution in [0.25, 0.3) is 22.5 Å². The number of hydrogen-bond acceptors (Lipinski definition) is 9. The van der Waals surface area contributed by atoms with Crippen molar-refractivity contribution < 1.29 is 37.7 Å². The van der Waals surface area contributed by atoms with Gasteiger partial charge in [-0.3, -0.25) is 9.59 Å². The standard InChI is InChI=1S/C24H22ClFN2O3.C23H20ClFN2O3/c1-30-24(29)17-10-12-28(13-11-17)23-15-18(25)14-22(27-23)16-2-6-20(7-3-16)31-21-8-4-19(26)5-9-21;24-17-13-21(26-22(14-17)27-11-9-16(10-12-27)23(28)29)15-1-5-19(6-2-15)30-20-7-3-18(25)4-8-20/h2-9,14-15,17H,10-13H2,1H3;1-8,13-14,16H,9-12H2,(H,28,29). The molecule has 4 aromatic carbocycles. The lowest BCUT2D eigenvalue weighted by molar-refractivity contribution is -0.146. The van der Waals surface area contributed by atoms with Gasteiger partial charge in [-0.1, -0.05) is 23.2 Å². The summed E-state index contributed by atoms with van der Waals surface area (Å²) in [6, 6.07) is 33.9. The fourth-order valence-corrected chi connectivity index (χ4v) is 7.52. The molecule has 10 nitrogen and oxygen atoms in total. The predicted octanol–water partition coefficient (Wildman–Crippen LogP) is 11.4. The van der Waals surface area contributed by atoms with Crippen LogP contribution in [-0.2, 0) is 14.3 Å². The van der Waals surface area contributed by atoms with E-state index in [0.717, 1.165) is 60.1 Å². The molecule has 0 radical (unpaired) electrons. The summed E-state index contributed by atoms with van der Waals surface area (Å²) in [5, 5.41) is 10.3. The average Bonchev–Trinajstić information content (AvgIpc) is 3.28. The van der Waals surface area contributed by atoms with Crippen LogP contribution in [-0.4, -0.2) is 60.3 Å². The van der Waals surface area contributed by atoms with E-state index in [0.29, 0.717) is 59.0 Å². The van der Waals surface area contributed by atoms with Crippen molar-refractivity contribution in [2.75, 3.05) is 43.1 Å². The molecule has 2 aliphatic rings. The van der Waals surface area contributed by atoms with Gasteiger partial charge in [0.1, 0.15) is 46.3 Å². The Morgan fingerprint density at radius 3 is 1.26 bits per heavy atom. The van der Waals surface area contributed by atoms with E-state index in [1.54, 1.807) is 36.4 Å². The number of piperidine rings is 2. The number of carboxylic acid groups (broad SMARTS) is 1. The molecule has 61 heavy (non-hydrogen) atoms. The van der Waals surface area contributed by atoms with Gasteiger partial charge in [0.15, 0.2) is 0 Å². The van der Waals surface area contributed by atoms with Crippen molar-refractivity contribution in [3.63, 3.8) is 0 Å². The van der Waals surface area contributed by atoms with Crippen molar-refractivity contribution in [2.45, 2.75) is 25.7 Å². The number of halogens is 4. The van der Waals surface area contributed by atoms with Crippen LogP contribution in [0.2, 0.25) is 10.0 Å². The monoisotopic (exact) mass is 866 g/mol. The van der Waals surface area contributed by atoms with Crippen LogP contribution in [0.5, 0.6) is 23.0 Å². The number of hydrogen-bond donors (Lipinski definition) is 1. The summed E-state index contributed by atoms with van der Waals surface area (Å²) in [5.74, 6) is 2.05. The number of anilines is 2. The van der Waals surface area contributed by atoms with Crippen molar-refractivity contribution in [3.8, 4) is 45.5 Å². The predicted molar refractivity (Wildman–Crippen MR) is 232 cm³/mol. The summed E-state index contributed by atoms with van der Waals surface area (Å²) < 4.78 is 42.4. The Bertz CT molecular complexity index is 2430. The number of rotatable bonds is 10. The van der Waals surface area contributed by atoms with Crippen LogP contribution >= 0.6 is 23.2 Å². The number of benzene rings is 4. The molecule has 2 fully saturated rings. The summed E-state index contributed by atoms with van der Waals surface area (Å²) in [6.45, 7) is 2.70. The lowest BCUT2D eigenvalue weighted by Gasteiger charge is -2.31. The summed E-state index contributed by atoms with van der Waals surface area (Å²) >= 11 is 12.7. The highest BCUT2D eigenvalue weighted by molar-refractivity contribution is 6.31. The van der Waals surface area contributed by atoms with Crippen LogP contribution in [0, 0.1) is 23.5 Å². The van der Waals surface area contributed by atoms with Crippen LogP contribution in [0.1, 0.15) is 25.7 Å². The van der Waals surface area contributed by atoms with Gasteiger partial charge in [-0.05, 0) is 147 Å². The van der Waals surface area contributed by atoms with Gasteiger partial charge < -0.3 is 29.1 Å². The van der Waals surface area contributed by atoms with E-state index in [-0.39, 0.29) is 29.4 Å². The molecule has 4 heterocycles. The number of ether oxygens (including phenoxy) is 3. The van der Waals surface area contributed by atoms with Crippen molar-refractivity contribution in [3.05, 3.63) is 143 Å². The van der Waals surface area contributed by atoms with E-state index in [4.69, 9.17) is 47.4 Å². The van der Waals surface area contributed by atoms with Crippen LogP contribution in [0.4, 0.5) is 20.4 Å². The largest absolute Gasteiger partial charge is 0.481 e. The molecule has 8 rings (SSSR count). The molecule has 2 aromatic heterocycles. The topological polar surface area (TPSA) is 114 Å². The Morgan fingerprint density at radius 1 is 0.574 bits per heavy atom. The molecule has 0 spiro atoms. The van der Waals surface area contributed by atoms with E-state index >= 15 is 0 Å². The van der Waals surface area contributed by atoms with Crippen LogP contribution in [0.15, 0.2) is 121 Å². The third-order valence-electron chi connectivity index (χ3n) is 10.5. The molecule has 0 unspecified atom stereocenters. The number of methoxy groups -OCH3 is 1. The first-order valence-corrected chi connectivity index (χ1v) is 20.5. The van der Waals surface area contributed by atoms with Crippen LogP contribution < -0.4 is 19.3 Å². The third-order valence-corrected chi connectivity index (χ3v) is 10.9. The van der Waals surface area contributed by atoms with Crippen molar-refractivity contribution in [2.24, 2.45) is 11.8 Å². The molecule has 314 valence electrons. The molecule has 14 heteroatoms. The molecule has 0 bridgehead atoms. The maximum atomic E-state index is 13.0. The second-order valence-electron chi connectivity index (χ2n) is 14.6. The second-order valence-corrected chi connectivity index (χ2v) is 15.5. The van der Waals surface area contributed by atoms with Crippen molar-refractivity contribution in [1.29, 1.82) is 0 Å². The van der Waals surface area contributed by atoms with Crippen molar-refractivity contribution in [1.82, 2.24) is 9.97 Å². The minimum atomic E-state index is -0.739. The summed E-state index contributed by atoms with van der Waals surface area (Å²) in [7, 11) is 1.43. The zero-order valence-electron chi connectivity index (χ0n) is 33.1. The maximum absolute atomic E-state index is 13.0. The molecule has 6 aromatic rings. The summed E-state index contributed by atoms with van der Waals surface area (Å²) in [4.78, 5) is 36.6. The first kappa shape index (κ1) is 42.9. The van der Waals surface area contributed by atoms with E-state index in [2.05, 4.69) is 9.80 Å². The number of pyridine rings is 2. The fraction of sp³-hybridized carbons (Fsp3) is 0.234. The van der Waals surface area contributed by atoms with E-state index in [1.165, 1.54) is 31.4 Å². The van der Waals surface area contributed by atoms with Gasteiger partial charge >= 0.3 is 11.9 Å². The van der Waals surface area contributed by atoms with Gasteiger partial charge in [-0.2, -0.15) is 0 Å². The SMILES string of the molecule is COC(=O)C1CCN(c2cc(Cl)cc(-c3ccc(Oc4ccc(F)cc4)cc3)n2)CC1.O=C(O)C1CCN(c2cc(Cl)cc(-c3ccc(Oc4ccc(F)cc4)cc3)n2)CC1. The van der Waals surface area contributed by atoms with Gasteiger partial charge in [0.05, 0.1) is 30.3 Å².